The van der Waals surface area contributed by atoms with E-state index in [9.17, 15) is 4.79 Å². The van der Waals surface area contributed by atoms with Gasteiger partial charge in [-0.1, -0.05) is 31.2 Å². The smallest absolute Gasteiger partial charge is 0.223 e. The van der Waals surface area contributed by atoms with E-state index in [0.29, 0.717) is 6.04 Å². The number of nitrogens with one attached hydrogen (secondary N) is 1. The van der Waals surface area contributed by atoms with E-state index in [4.69, 9.17) is 5.73 Å². The molecule has 19 heavy (non-hydrogen) atoms. The van der Waals surface area contributed by atoms with Crippen LogP contribution in [0.4, 0.5) is 0 Å². The van der Waals surface area contributed by atoms with Crippen LogP contribution in [0.3, 0.4) is 0 Å². The number of amides is 1. The van der Waals surface area contributed by atoms with Crippen molar-refractivity contribution in [3.05, 3.63) is 35.4 Å². The first-order chi connectivity index (χ1) is 9.07. The van der Waals surface area contributed by atoms with Crippen LogP contribution in [0.2, 0.25) is 0 Å². The molecule has 1 aromatic carbocycles. The second-order valence-electron chi connectivity index (χ2n) is 6.24. The molecule has 0 aromatic heterocycles. The van der Waals surface area contributed by atoms with Crippen molar-refractivity contribution in [1.82, 2.24) is 5.32 Å². The monoisotopic (exact) mass is 258 g/mol. The van der Waals surface area contributed by atoms with Gasteiger partial charge in [0.1, 0.15) is 0 Å². The van der Waals surface area contributed by atoms with Crippen LogP contribution in [0.5, 0.6) is 0 Å². The Morgan fingerprint density at radius 3 is 2.53 bits per heavy atom. The van der Waals surface area contributed by atoms with Crippen LogP contribution < -0.4 is 11.1 Å². The number of nitrogens with two attached hydrogens (primary N) is 1. The van der Waals surface area contributed by atoms with Crippen molar-refractivity contribution in [1.29, 1.82) is 0 Å². The van der Waals surface area contributed by atoms with Gasteiger partial charge >= 0.3 is 0 Å². The van der Waals surface area contributed by atoms with Crippen molar-refractivity contribution < 1.29 is 4.79 Å². The molecule has 1 unspecified atom stereocenters. The molecular weight excluding hydrogens is 236 g/mol. The highest BCUT2D eigenvalue weighted by Gasteiger charge is 2.39. The first-order valence-corrected chi connectivity index (χ1v) is 7.25. The molecule has 0 heterocycles. The zero-order chi connectivity index (χ0) is 13.5. The van der Waals surface area contributed by atoms with E-state index in [1.807, 2.05) is 6.92 Å². The molecule has 1 atom stereocenters. The molecule has 3 N–H and O–H groups in total. The van der Waals surface area contributed by atoms with Gasteiger partial charge in [-0.15, -0.1) is 0 Å². The maximum absolute atomic E-state index is 11.9. The Kier molecular flexibility index (Phi) is 3.09. The van der Waals surface area contributed by atoms with Gasteiger partial charge in [0, 0.05) is 17.5 Å². The van der Waals surface area contributed by atoms with Gasteiger partial charge in [-0.25, -0.2) is 0 Å². The molecule has 1 amide bonds. The molecule has 3 nitrogen and oxygen atoms in total. The van der Waals surface area contributed by atoms with Crippen LogP contribution in [0.25, 0.3) is 0 Å². The van der Waals surface area contributed by atoms with Gasteiger partial charge < -0.3 is 11.1 Å². The highest BCUT2D eigenvalue weighted by Crippen LogP contribution is 2.42. The second kappa shape index (κ2) is 4.64. The van der Waals surface area contributed by atoms with E-state index in [1.54, 1.807) is 0 Å². The molecule has 2 aliphatic rings. The molecule has 0 aliphatic heterocycles. The fourth-order valence-corrected chi connectivity index (χ4v) is 2.41. The van der Waals surface area contributed by atoms with Crippen molar-refractivity contribution in [2.24, 2.45) is 11.7 Å². The molecule has 0 spiro atoms. The van der Waals surface area contributed by atoms with Gasteiger partial charge in [0.05, 0.1) is 0 Å². The maximum Gasteiger partial charge on any atom is 0.223 e. The van der Waals surface area contributed by atoms with Crippen molar-refractivity contribution in [2.45, 2.75) is 50.6 Å². The van der Waals surface area contributed by atoms with Crippen molar-refractivity contribution >= 4 is 5.91 Å². The number of rotatable bonds is 5. The first-order valence-electron chi connectivity index (χ1n) is 7.25. The van der Waals surface area contributed by atoms with Gasteiger partial charge in [-0.05, 0) is 43.2 Å². The Balaban J connectivity index is 1.57. The molecule has 3 heteroatoms. The Labute approximate surface area is 114 Å². The minimum atomic E-state index is -0.0620. The van der Waals surface area contributed by atoms with E-state index in [0.717, 1.165) is 32.1 Å². The minimum Gasteiger partial charge on any atom is -0.353 e. The highest BCUT2D eigenvalue weighted by molar-refractivity contribution is 5.79. The van der Waals surface area contributed by atoms with E-state index in [1.165, 1.54) is 11.1 Å². The average Bonchev–Trinajstić information content (AvgIpc) is 3.29. The third kappa shape index (κ3) is 2.98. The molecule has 2 saturated carbocycles. The zero-order valence-electron chi connectivity index (χ0n) is 11.5. The average molecular weight is 258 g/mol. The molecule has 0 saturated heterocycles. The molecular formula is C16H22N2O. The standard InChI is InChI=1S/C16H22N2O/c1-11(15(19)18-14-6-7-14)10-12-2-4-13(5-3-12)16(17)8-9-16/h2-5,11,14H,6-10,17H2,1H3,(H,18,19). The van der Waals surface area contributed by atoms with Crippen molar-refractivity contribution in [3.63, 3.8) is 0 Å². The number of hydrogen-bond donors (Lipinski definition) is 2. The summed E-state index contributed by atoms with van der Waals surface area (Å²) in [5, 5.41) is 3.06. The zero-order valence-corrected chi connectivity index (χ0v) is 11.5. The van der Waals surface area contributed by atoms with E-state index < -0.39 is 0 Å². The lowest BCUT2D eigenvalue weighted by atomic mass is 9.97. The number of carbonyl (C=O) groups is 1. The first kappa shape index (κ1) is 12.7. The van der Waals surface area contributed by atoms with Gasteiger partial charge in [0.2, 0.25) is 5.91 Å². The van der Waals surface area contributed by atoms with Crippen LogP contribution in [0.15, 0.2) is 24.3 Å². The summed E-state index contributed by atoms with van der Waals surface area (Å²) in [5.41, 5.74) is 8.55. The van der Waals surface area contributed by atoms with E-state index in [2.05, 4.69) is 29.6 Å². The molecule has 0 radical (unpaired) electrons. The van der Waals surface area contributed by atoms with Gasteiger partial charge in [-0.2, -0.15) is 0 Å². The molecule has 1 aromatic rings. The Morgan fingerprint density at radius 1 is 1.37 bits per heavy atom. The molecule has 2 aliphatic carbocycles. The van der Waals surface area contributed by atoms with Gasteiger partial charge in [0.25, 0.3) is 0 Å². The number of hydrogen-bond acceptors (Lipinski definition) is 2. The lowest BCUT2D eigenvalue weighted by molar-refractivity contribution is -0.124. The largest absolute Gasteiger partial charge is 0.353 e. The van der Waals surface area contributed by atoms with Gasteiger partial charge in [0.15, 0.2) is 0 Å². The Hall–Kier alpha value is -1.35. The fourth-order valence-electron chi connectivity index (χ4n) is 2.41. The number of benzene rings is 1. The van der Waals surface area contributed by atoms with E-state index >= 15 is 0 Å². The predicted molar refractivity (Wildman–Crippen MR) is 75.6 cm³/mol. The predicted octanol–water partition coefficient (Wildman–Crippen LogP) is 2.09. The summed E-state index contributed by atoms with van der Waals surface area (Å²) in [5.74, 6) is 0.225. The van der Waals surface area contributed by atoms with Crippen molar-refractivity contribution in [3.8, 4) is 0 Å². The summed E-state index contributed by atoms with van der Waals surface area (Å²) in [7, 11) is 0. The molecule has 2 fully saturated rings. The molecule has 102 valence electrons. The van der Waals surface area contributed by atoms with Gasteiger partial charge in [-0.3, -0.25) is 4.79 Å². The lowest BCUT2D eigenvalue weighted by Gasteiger charge is -2.13. The number of carbonyl (C=O) groups excluding carboxylic acids is 1. The SMILES string of the molecule is CC(Cc1ccc(C2(N)CC2)cc1)C(=O)NC1CC1. The summed E-state index contributed by atoms with van der Waals surface area (Å²) >= 11 is 0. The Morgan fingerprint density at radius 2 is 2.00 bits per heavy atom. The van der Waals surface area contributed by atoms with Crippen LogP contribution in [-0.2, 0) is 16.8 Å². The van der Waals surface area contributed by atoms with Crippen LogP contribution in [-0.4, -0.2) is 11.9 Å². The summed E-state index contributed by atoms with van der Waals surface area (Å²) in [6, 6.07) is 8.91. The van der Waals surface area contributed by atoms with E-state index in [-0.39, 0.29) is 17.4 Å². The third-order valence-corrected chi connectivity index (χ3v) is 4.23. The van der Waals surface area contributed by atoms with Crippen LogP contribution in [0, 0.1) is 5.92 Å². The van der Waals surface area contributed by atoms with Crippen LogP contribution >= 0.6 is 0 Å². The highest BCUT2D eigenvalue weighted by atomic mass is 16.1. The lowest BCUT2D eigenvalue weighted by Crippen LogP contribution is -2.31. The summed E-state index contributed by atoms with van der Waals surface area (Å²) in [6.07, 6.45) is 5.27. The van der Waals surface area contributed by atoms with Crippen molar-refractivity contribution in [2.75, 3.05) is 0 Å². The van der Waals surface area contributed by atoms with Crippen LogP contribution in [0.1, 0.15) is 43.7 Å². The Bertz CT molecular complexity index is 472. The maximum atomic E-state index is 11.9. The second-order valence-corrected chi connectivity index (χ2v) is 6.24. The molecule has 0 bridgehead atoms. The topological polar surface area (TPSA) is 55.1 Å². The normalized spacial score (nSPS) is 21.8. The minimum absolute atomic E-state index is 0.0409. The summed E-state index contributed by atoms with van der Waals surface area (Å²) in [4.78, 5) is 11.9. The fraction of sp³-hybridized carbons (Fsp3) is 0.562. The summed E-state index contributed by atoms with van der Waals surface area (Å²) < 4.78 is 0. The molecule has 3 rings (SSSR count). The quantitative estimate of drug-likeness (QED) is 0.849. The summed E-state index contributed by atoms with van der Waals surface area (Å²) in [6.45, 7) is 2.00. The third-order valence-electron chi connectivity index (χ3n) is 4.23.